The molecule has 0 bridgehead atoms. The van der Waals surface area contributed by atoms with Crippen LogP contribution in [-0.2, 0) is 6.54 Å². The largest absolute Gasteiger partial charge is 0.361 e. The second-order valence-electron chi connectivity index (χ2n) is 4.26. The molecule has 2 rings (SSSR count). The fourth-order valence-corrected chi connectivity index (χ4v) is 2.53. The van der Waals surface area contributed by atoms with E-state index < -0.39 is 0 Å². The molecule has 0 radical (unpaired) electrons. The molecule has 1 aromatic heterocycles. The van der Waals surface area contributed by atoms with E-state index in [0.717, 1.165) is 18.3 Å². The van der Waals surface area contributed by atoms with Crippen LogP contribution < -0.4 is 5.32 Å². The van der Waals surface area contributed by atoms with E-state index >= 15 is 0 Å². The molecular weight excluding hydrogens is 218 g/mol. The number of pyridine rings is 1. The van der Waals surface area contributed by atoms with Gasteiger partial charge in [0.1, 0.15) is 0 Å². The number of amidine groups is 1. The molecule has 0 aromatic carbocycles. The summed E-state index contributed by atoms with van der Waals surface area (Å²) in [5.74, 6) is 0.689. The second kappa shape index (κ2) is 5.34. The zero-order valence-electron chi connectivity index (χ0n) is 9.68. The zero-order valence-corrected chi connectivity index (χ0v) is 10.5. The van der Waals surface area contributed by atoms with Crippen molar-refractivity contribution in [3.05, 3.63) is 30.1 Å². The van der Waals surface area contributed by atoms with Crippen LogP contribution in [0.15, 0.2) is 29.5 Å². The highest BCUT2D eigenvalue weighted by Gasteiger charge is 2.21. The molecule has 1 atom stereocenters. The Labute approximate surface area is 101 Å². The fourth-order valence-electron chi connectivity index (χ4n) is 1.51. The van der Waals surface area contributed by atoms with Gasteiger partial charge >= 0.3 is 0 Å². The highest BCUT2D eigenvalue weighted by atomic mass is 32.2. The number of nitrogens with one attached hydrogen (secondary N) is 1. The van der Waals surface area contributed by atoms with Gasteiger partial charge in [-0.2, -0.15) is 0 Å². The first-order valence-electron chi connectivity index (χ1n) is 5.59. The lowest BCUT2D eigenvalue weighted by atomic mass is 10.1. The number of hydrogen-bond acceptors (Lipinski definition) is 4. The zero-order chi connectivity index (χ0) is 11.4. The first-order chi connectivity index (χ1) is 7.75. The van der Waals surface area contributed by atoms with Crippen LogP contribution in [0.2, 0.25) is 0 Å². The Morgan fingerprint density at radius 2 is 2.19 bits per heavy atom. The molecule has 0 saturated carbocycles. The van der Waals surface area contributed by atoms with E-state index in [-0.39, 0.29) is 0 Å². The number of nitrogens with zero attached hydrogens (tertiary/aromatic N) is 2. The molecule has 1 aliphatic rings. The van der Waals surface area contributed by atoms with Gasteiger partial charge in [0, 0.05) is 24.2 Å². The molecule has 86 valence electrons. The highest BCUT2D eigenvalue weighted by Crippen LogP contribution is 2.25. The first kappa shape index (κ1) is 11.5. The third-order valence-corrected chi connectivity index (χ3v) is 4.11. The van der Waals surface area contributed by atoms with Crippen molar-refractivity contribution in [2.75, 3.05) is 6.54 Å². The SMILES string of the molecule is CC(C)C1CN=C(NCc2ccncc2)S1. The Bertz CT molecular complexity index is 362. The normalized spacial score (nSPS) is 19.9. The molecule has 2 heterocycles. The van der Waals surface area contributed by atoms with Crippen molar-refractivity contribution in [3.63, 3.8) is 0 Å². The Balaban J connectivity index is 1.80. The molecule has 0 amide bonds. The summed E-state index contributed by atoms with van der Waals surface area (Å²) in [6.07, 6.45) is 3.63. The fraction of sp³-hybridized carbons (Fsp3) is 0.500. The molecule has 0 spiro atoms. The van der Waals surface area contributed by atoms with Crippen molar-refractivity contribution >= 4 is 16.9 Å². The van der Waals surface area contributed by atoms with Crippen molar-refractivity contribution in [1.82, 2.24) is 10.3 Å². The molecule has 0 fully saturated rings. The van der Waals surface area contributed by atoms with Gasteiger partial charge in [-0.1, -0.05) is 25.6 Å². The van der Waals surface area contributed by atoms with Crippen LogP contribution in [0.25, 0.3) is 0 Å². The van der Waals surface area contributed by atoms with E-state index in [4.69, 9.17) is 0 Å². The van der Waals surface area contributed by atoms with E-state index in [1.165, 1.54) is 5.56 Å². The summed E-state index contributed by atoms with van der Waals surface area (Å²) in [5, 5.41) is 5.09. The molecule has 4 heteroatoms. The van der Waals surface area contributed by atoms with Crippen molar-refractivity contribution in [2.24, 2.45) is 10.9 Å². The van der Waals surface area contributed by atoms with Gasteiger partial charge < -0.3 is 5.32 Å². The van der Waals surface area contributed by atoms with Crippen molar-refractivity contribution in [1.29, 1.82) is 0 Å². The summed E-state index contributed by atoms with van der Waals surface area (Å²) in [4.78, 5) is 8.50. The smallest absolute Gasteiger partial charge is 0.157 e. The van der Waals surface area contributed by atoms with Gasteiger partial charge in [0.25, 0.3) is 0 Å². The number of rotatable bonds is 3. The van der Waals surface area contributed by atoms with Crippen LogP contribution in [0.1, 0.15) is 19.4 Å². The van der Waals surface area contributed by atoms with E-state index in [1.807, 2.05) is 36.3 Å². The van der Waals surface area contributed by atoms with E-state index in [2.05, 4.69) is 29.1 Å². The van der Waals surface area contributed by atoms with Crippen LogP contribution in [0.5, 0.6) is 0 Å². The molecule has 3 nitrogen and oxygen atoms in total. The average Bonchev–Trinajstić information content (AvgIpc) is 2.76. The lowest BCUT2D eigenvalue weighted by molar-refractivity contribution is 0.621. The summed E-state index contributed by atoms with van der Waals surface area (Å²) >= 11 is 1.86. The van der Waals surface area contributed by atoms with Crippen LogP contribution in [0.4, 0.5) is 0 Å². The van der Waals surface area contributed by atoms with Gasteiger partial charge in [-0.05, 0) is 23.6 Å². The molecule has 1 N–H and O–H groups in total. The van der Waals surface area contributed by atoms with Crippen LogP contribution >= 0.6 is 11.8 Å². The minimum absolute atomic E-state index is 0.639. The molecule has 1 aliphatic heterocycles. The summed E-state index contributed by atoms with van der Waals surface area (Å²) in [6, 6.07) is 4.04. The van der Waals surface area contributed by atoms with Gasteiger partial charge in [-0.3, -0.25) is 9.98 Å². The monoisotopic (exact) mass is 235 g/mol. The Morgan fingerprint density at radius 1 is 1.44 bits per heavy atom. The topological polar surface area (TPSA) is 37.3 Å². The van der Waals surface area contributed by atoms with Crippen LogP contribution in [0, 0.1) is 5.92 Å². The predicted molar refractivity (Wildman–Crippen MR) is 69.6 cm³/mol. The first-order valence-corrected chi connectivity index (χ1v) is 6.47. The Hall–Kier alpha value is -1.03. The standard InChI is InChI=1S/C12H17N3S/c1-9(2)11-8-15-12(16-11)14-7-10-3-5-13-6-4-10/h3-6,9,11H,7-8H2,1-2H3,(H,14,15). The summed E-state index contributed by atoms with van der Waals surface area (Å²) in [7, 11) is 0. The van der Waals surface area contributed by atoms with E-state index in [0.29, 0.717) is 11.2 Å². The molecule has 16 heavy (non-hydrogen) atoms. The maximum absolute atomic E-state index is 4.51. The van der Waals surface area contributed by atoms with Crippen molar-refractivity contribution < 1.29 is 0 Å². The van der Waals surface area contributed by atoms with Gasteiger partial charge in [-0.25, -0.2) is 0 Å². The number of aromatic nitrogens is 1. The lowest BCUT2D eigenvalue weighted by Crippen LogP contribution is -2.19. The van der Waals surface area contributed by atoms with E-state index in [9.17, 15) is 0 Å². The van der Waals surface area contributed by atoms with Gasteiger partial charge in [-0.15, -0.1) is 0 Å². The number of aliphatic imine (C=N–C) groups is 1. The summed E-state index contributed by atoms with van der Waals surface area (Å²) in [5.41, 5.74) is 1.24. The molecule has 1 aromatic rings. The van der Waals surface area contributed by atoms with E-state index in [1.54, 1.807) is 0 Å². The predicted octanol–water partition coefficient (Wildman–Crippen LogP) is 2.30. The molecular formula is C12H17N3S. The Morgan fingerprint density at radius 3 is 2.81 bits per heavy atom. The van der Waals surface area contributed by atoms with Crippen molar-refractivity contribution in [2.45, 2.75) is 25.6 Å². The quantitative estimate of drug-likeness (QED) is 0.873. The summed E-state index contributed by atoms with van der Waals surface area (Å²) in [6.45, 7) is 6.28. The maximum atomic E-state index is 4.51. The number of hydrogen-bond donors (Lipinski definition) is 1. The van der Waals surface area contributed by atoms with Crippen LogP contribution in [-0.4, -0.2) is 21.9 Å². The van der Waals surface area contributed by atoms with Gasteiger partial charge in [0.05, 0.1) is 6.54 Å². The molecule has 0 aliphatic carbocycles. The maximum Gasteiger partial charge on any atom is 0.157 e. The third-order valence-electron chi connectivity index (χ3n) is 2.61. The third kappa shape index (κ3) is 2.98. The minimum atomic E-state index is 0.639. The Kier molecular flexibility index (Phi) is 3.83. The summed E-state index contributed by atoms with van der Waals surface area (Å²) < 4.78 is 0. The van der Waals surface area contributed by atoms with Crippen LogP contribution in [0.3, 0.4) is 0 Å². The highest BCUT2D eigenvalue weighted by molar-refractivity contribution is 8.14. The van der Waals surface area contributed by atoms with Crippen molar-refractivity contribution in [3.8, 4) is 0 Å². The lowest BCUT2D eigenvalue weighted by Gasteiger charge is -2.12. The van der Waals surface area contributed by atoms with Gasteiger partial charge in [0.15, 0.2) is 5.17 Å². The average molecular weight is 235 g/mol. The second-order valence-corrected chi connectivity index (χ2v) is 5.48. The van der Waals surface area contributed by atoms with Gasteiger partial charge in [0.2, 0.25) is 0 Å². The molecule has 1 unspecified atom stereocenters. The number of thioether (sulfide) groups is 1. The minimum Gasteiger partial charge on any atom is -0.361 e. The molecule has 0 saturated heterocycles.